The highest BCUT2D eigenvalue weighted by Crippen LogP contribution is 2.24. The van der Waals surface area contributed by atoms with Gasteiger partial charge in [-0.15, -0.1) is 0 Å². The van der Waals surface area contributed by atoms with Crippen LogP contribution in [0.25, 0.3) is 0 Å². The first-order valence-corrected chi connectivity index (χ1v) is 11.4. The first kappa shape index (κ1) is 24.0. The molecule has 3 aromatic rings. The molecule has 1 unspecified atom stereocenters. The number of nitrogens with two attached hydrogens (primary N) is 1. The first-order valence-electron chi connectivity index (χ1n) is 11.4. The van der Waals surface area contributed by atoms with Gasteiger partial charge in [-0.3, -0.25) is 19.0 Å². The van der Waals surface area contributed by atoms with Gasteiger partial charge in [0.1, 0.15) is 12.6 Å². The van der Waals surface area contributed by atoms with Crippen molar-refractivity contribution >= 4 is 17.7 Å². The topological polar surface area (TPSA) is 136 Å². The molecule has 2 aromatic carbocycles. The maximum atomic E-state index is 13.1. The van der Waals surface area contributed by atoms with E-state index in [1.807, 2.05) is 36.4 Å². The van der Waals surface area contributed by atoms with Crippen LogP contribution in [0.5, 0.6) is 0 Å². The summed E-state index contributed by atoms with van der Waals surface area (Å²) in [6, 6.07) is 20.2. The zero-order valence-electron chi connectivity index (χ0n) is 19.5. The Morgan fingerprint density at radius 3 is 2.43 bits per heavy atom. The van der Waals surface area contributed by atoms with Crippen LogP contribution in [0.15, 0.2) is 76.6 Å². The number of amides is 1. The van der Waals surface area contributed by atoms with Crippen LogP contribution in [0.3, 0.4) is 0 Å². The number of hydroxylamine groups is 1. The van der Waals surface area contributed by atoms with E-state index in [1.54, 1.807) is 13.1 Å². The van der Waals surface area contributed by atoms with E-state index in [4.69, 9.17) is 10.6 Å². The van der Waals surface area contributed by atoms with Gasteiger partial charge in [-0.1, -0.05) is 60.7 Å². The molecule has 1 aliphatic heterocycles. The molecule has 2 heterocycles. The number of carbonyl (C=O) groups is 1. The van der Waals surface area contributed by atoms with E-state index in [2.05, 4.69) is 50.4 Å². The Morgan fingerprint density at radius 1 is 1.17 bits per heavy atom. The molecule has 0 bridgehead atoms. The van der Waals surface area contributed by atoms with E-state index in [9.17, 15) is 9.59 Å². The van der Waals surface area contributed by atoms with Crippen LogP contribution in [0.4, 0.5) is 5.82 Å². The smallest absolute Gasteiger partial charge is 0.293 e. The average Bonchev–Trinajstić information content (AvgIpc) is 2.89. The van der Waals surface area contributed by atoms with Crippen LogP contribution in [-0.4, -0.2) is 47.2 Å². The Morgan fingerprint density at radius 2 is 1.83 bits per heavy atom. The molecule has 0 saturated carbocycles. The summed E-state index contributed by atoms with van der Waals surface area (Å²) in [6.45, 7) is 2.66. The van der Waals surface area contributed by atoms with Gasteiger partial charge in [-0.05, 0) is 18.1 Å². The van der Waals surface area contributed by atoms with Crippen molar-refractivity contribution in [1.82, 2.24) is 20.3 Å². The maximum absolute atomic E-state index is 13.1. The van der Waals surface area contributed by atoms with E-state index in [1.165, 1.54) is 4.57 Å². The number of carbonyl (C=O) groups excluding carboxylic acids is 1. The minimum absolute atomic E-state index is 0.0254. The fourth-order valence-corrected chi connectivity index (χ4v) is 3.83. The SMILES string of the molecule is Cc1cnc(NCC(c2ccccc2)c2ccccc2)c(=O)n1CC(=O)NCC1CN=C(N)NO1. The van der Waals surface area contributed by atoms with Crippen molar-refractivity contribution in [2.45, 2.75) is 25.5 Å². The van der Waals surface area contributed by atoms with Crippen molar-refractivity contribution in [2.24, 2.45) is 10.7 Å². The van der Waals surface area contributed by atoms with E-state index < -0.39 is 0 Å². The summed E-state index contributed by atoms with van der Waals surface area (Å²) in [7, 11) is 0. The number of hydrogen-bond donors (Lipinski definition) is 4. The van der Waals surface area contributed by atoms with Gasteiger partial charge in [0.05, 0.1) is 6.54 Å². The molecule has 182 valence electrons. The summed E-state index contributed by atoms with van der Waals surface area (Å²) in [5.41, 5.74) is 10.5. The van der Waals surface area contributed by atoms with Crippen molar-refractivity contribution in [3.8, 4) is 0 Å². The molecule has 0 fully saturated rings. The van der Waals surface area contributed by atoms with Gasteiger partial charge >= 0.3 is 0 Å². The maximum Gasteiger partial charge on any atom is 0.293 e. The van der Waals surface area contributed by atoms with Gasteiger partial charge in [0, 0.05) is 30.9 Å². The Balaban J connectivity index is 1.44. The molecule has 5 N–H and O–H groups in total. The number of guanidine groups is 1. The predicted octanol–water partition coefficient (Wildman–Crippen LogP) is 1.13. The van der Waals surface area contributed by atoms with Gasteiger partial charge < -0.3 is 16.4 Å². The van der Waals surface area contributed by atoms with E-state index >= 15 is 0 Å². The van der Waals surface area contributed by atoms with E-state index in [0.717, 1.165) is 11.1 Å². The van der Waals surface area contributed by atoms with Gasteiger partial charge in [0.2, 0.25) is 11.9 Å². The second-order valence-corrected chi connectivity index (χ2v) is 8.27. The van der Waals surface area contributed by atoms with Crippen LogP contribution in [0, 0.1) is 6.92 Å². The lowest BCUT2D eigenvalue weighted by molar-refractivity contribution is -0.122. The Kier molecular flexibility index (Phi) is 7.74. The van der Waals surface area contributed by atoms with Gasteiger partial charge in [-0.25, -0.2) is 15.5 Å². The highest BCUT2D eigenvalue weighted by molar-refractivity contribution is 5.77. The first-order chi connectivity index (χ1) is 17.0. The Labute approximate surface area is 203 Å². The number of aromatic nitrogens is 2. The normalized spacial score (nSPS) is 15.3. The summed E-state index contributed by atoms with van der Waals surface area (Å²) < 4.78 is 1.40. The summed E-state index contributed by atoms with van der Waals surface area (Å²) in [6.07, 6.45) is 1.24. The van der Waals surface area contributed by atoms with E-state index in [0.29, 0.717) is 18.8 Å². The third kappa shape index (κ3) is 6.24. The molecule has 0 saturated heterocycles. The third-order valence-corrected chi connectivity index (χ3v) is 5.76. The van der Waals surface area contributed by atoms with Crippen molar-refractivity contribution in [3.05, 3.63) is 94.0 Å². The fourth-order valence-electron chi connectivity index (χ4n) is 3.83. The largest absolute Gasteiger partial charge is 0.368 e. The number of aryl methyl sites for hydroxylation is 1. The van der Waals surface area contributed by atoms with Gasteiger partial charge in [0.15, 0.2) is 5.82 Å². The van der Waals surface area contributed by atoms with Crippen molar-refractivity contribution in [3.63, 3.8) is 0 Å². The molecule has 1 amide bonds. The molecule has 10 nitrogen and oxygen atoms in total. The molecule has 4 rings (SSSR count). The van der Waals surface area contributed by atoms with Gasteiger partial charge in [0.25, 0.3) is 5.56 Å². The molecule has 0 radical (unpaired) electrons. The number of benzene rings is 2. The summed E-state index contributed by atoms with van der Waals surface area (Å²) >= 11 is 0. The molecule has 10 heteroatoms. The second kappa shape index (κ2) is 11.3. The van der Waals surface area contributed by atoms with Crippen molar-refractivity contribution in [2.75, 3.05) is 25.0 Å². The Bertz CT molecular complexity index is 1190. The minimum atomic E-state index is -0.354. The average molecular weight is 476 g/mol. The minimum Gasteiger partial charge on any atom is -0.368 e. The molecule has 0 spiro atoms. The number of nitrogens with zero attached hydrogens (tertiary/aromatic N) is 3. The molecule has 1 aliphatic rings. The zero-order chi connectivity index (χ0) is 24.6. The van der Waals surface area contributed by atoms with Crippen molar-refractivity contribution < 1.29 is 9.63 Å². The fraction of sp³-hybridized carbons (Fsp3) is 0.280. The molecule has 35 heavy (non-hydrogen) atoms. The van der Waals surface area contributed by atoms with Crippen LogP contribution in [0.2, 0.25) is 0 Å². The lowest BCUT2D eigenvalue weighted by Gasteiger charge is -2.21. The molecule has 1 atom stereocenters. The van der Waals surface area contributed by atoms with Crippen LogP contribution in [-0.2, 0) is 16.2 Å². The molecular formula is C25H29N7O3. The lowest BCUT2D eigenvalue weighted by atomic mass is 9.91. The standard InChI is InChI=1S/C25H29N7O3/c1-17-12-28-23(24(34)32(17)16-22(33)27-13-20-14-30-25(26)31-35-20)29-15-21(18-8-4-2-5-9-18)19-10-6-3-7-11-19/h2-12,20-21H,13-16H2,1H3,(H,27,33)(H,28,29)(H3,26,30,31). The summed E-state index contributed by atoms with van der Waals surface area (Å²) in [5, 5.41) is 5.98. The molecule has 0 aliphatic carbocycles. The lowest BCUT2D eigenvalue weighted by Crippen LogP contribution is -2.46. The highest BCUT2D eigenvalue weighted by Gasteiger charge is 2.18. The third-order valence-electron chi connectivity index (χ3n) is 5.76. The van der Waals surface area contributed by atoms with Crippen LogP contribution >= 0.6 is 0 Å². The molecular weight excluding hydrogens is 446 g/mol. The quantitative estimate of drug-likeness (QED) is 0.364. The number of rotatable bonds is 9. The number of aliphatic imine (C=N–C) groups is 1. The van der Waals surface area contributed by atoms with Crippen LogP contribution < -0.4 is 27.4 Å². The van der Waals surface area contributed by atoms with Gasteiger partial charge in [-0.2, -0.15) is 0 Å². The Hall–Kier alpha value is -4.18. The zero-order valence-corrected chi connectivity index (χ0v) is 19.5. The summed E-state index contributed by atoms with van der Waals surface area (Å²) in [5.74, 6) is 0.112. The highest BCUT2D eigenvalue weighted by atomic mass is 16.7. The van der Waals surface area contributed by atoms with Crippen LogP contribution in [0.1, 0.15) is 22.7 Å². The summed E-state index contributed by atoms with van der Waals surface area (Å²) in [4.78, 5) is 39.3. The number of nitrogens with one attached hydrogen (secondary N) is 3. The van der Waals surface area contributed by atoms with Crippen molar-refractivity contribution in [1.29, 1.82) is 0 Å². The van der Waals surface area contributed by atoms with E-state index in [-0.39, 0.29) is 48.4 Å². The molecule has 1 aromatic heterocycles. The monoisotopic (exact) mass is 475 g/mol. The number of hydrogen-bond acceptors (Lipinski definition) is 8. The second-order valence-electron chi connectivity index (χ2n) is 8.27. The number of anilines is 1. The predicted molar refractivity (Wildman–Crippen MR) is 134 cm³/mol.